The Bertz CT molecular complexity index is 3090. The van der Waals surface area contributed by atoms with Crippen molar-refractivity contribution in [2.24, 2.45) is 0 Å². The Morgan fingerprint density at radius 1 is 0.350 bits per heavy atom. The SMILES string of the molecule is FC(F)(F)c1cc([B-](c2cc(C(F)(F)F)cc(C(F)(F)F)c2)(c2cc(C(F)(F)F)cc(C(F)(F)F)c2)c2cc(C(F)(F)F)cc(C(F)(F)F)c2)cc(C(F)(F)F)c1.N#CC(C#N)=C(C[n+]1ccc2ccccc2c1)c1ccccc1. The Hall–Kier alpha value is -8.17. The summed E-state index contributed by atoms with van der Waals surface area (Å²) in [5.41, 5.74) is -28.4. The van der Waals surface area contributed by atoms with Crippen LogP contribution in [-0.2, 0) is 56.0 Å². The lowest BCUT2D eigenvalue weighted by atomic mass is 9.12. The Morgan fingerprint density at radius 3 is 0.875 bits per heavy atom. The predicted molar refractivity (Wildman–Crippen MR) is 239 cm³/mol. The molecule has 0 amide bonds. The smallest absolute Gasteiger partial charge is 0.200 e. The molecule has 0 spiro atoms. The molecule has 0 atom stereocenters. The maximum Gasteiger partial charge on any atom is 0.416 e. The molecule has 0 saturated carbocycles. The van der Waals surface area contributed by atoms with Gasteiger partial charge >= 0.3 is 49.4 Å². The van der Waals surface area contributed by atoms with Crippen LogP contribution in [0.5, 0.6) is 0 Å². The van der Waals surface area contributed by atoms with E-state index in [1.54, 1.807) is 0 Å². The minimum absolute atomic E-state index is 0.150. The quantitative estimate of drug-likeness (QED) is 0.0691. The van der Waals surface area contributed by atoms with Crippen molar-refractivity contribution in [3.8, 4) is 12.1 Å². The van der Waals surface area contributed by atoms with Gasteiger partial charge in [0, 0.05) is 11.5 Å². The highest BCUT2D eigenvalue weighted by Gasteiger charge is 2.47. The number of rotatable bonds is 7. The highest BCUT2D eigenvalue weighted by molar-refractivity contribution is 7.20. The molecule has 7 rings (SSSR count). The number of hydrogen-bond acceptors (Lipinski definition) is 2. The van der Waals surface area contributed by atoms with Crippen molar-refractivity contribution in [3.05, 3.63) is 201 Å². The summed E-state index contributed by atoms with van der Waals surface area (Å²) in [5, 5.41) is 20.8. The van der Waals surface area contributed by atoms with E-state index in [9.17, 15) is 116 Å². The van der Waals surface area contributed by atoms with Gasteiger partial charge < -0.3 is 0 Å². The molecule has 7 aromatic rings. The van der Waals surface area contributed by atoms with E-state index in [0.717, 1.165) is 21.9 Å². The minimum atomic E-state index is -6.13. The molecule has 420 valence electrons. The van der Waals surface area contributed by atoms with E-state index in [2.05, 4.69) is 6.07 Å². The molecule has 80 heavy (non-hydrogen) atoms. The summed E-state index contributed by atoms with van der Waals surface area (Å²) in [7, 11) is 0. The van der Waals surface area contributed by atoms with Crippen molar-refractivity contribution >= 4 is 44.3 Å². The first-order chi connectivity index (χ1) is 36.6. The molecule has 1 aromatic heterocycles. The lowest BCUT2D eigenvalue weighted by Gasteiger charge is -2.46. The van der Waals surface area contributed by atoms with E-state index in [0.29, 0.717) is 6.54 Å². The average Bonchev–Trinajstić information content (AvgIpc) is 3.35. The molecule has 1 heterocycles. The molecule has 0 aliphatic carbocycles. The van der Waals surface area contributed by atoms with Gasteiger partial charge in [-0.15, -0.1) is 0 Å². The number of pyridine rings is 1. The highest BCUT2D eigenvalue weighted by atomic mass is 19.4. The maximum atomic E-state index is 14.2. The van der Waals surface area contributed by atoms with Crippen LogP contribution in [0.1, 0.15) is 50.1 Å². The normalized spacial score (nSPS) is 13.0. The molecule has 0 aliphatic rings. The van der Waals surface area contributed by atoms with Gasteiger partial charge in [-0.3, -0.25) is 0 Å². The van der Waals surface area contributed by atoms with Gasteiger partial charge in [-0.1, -0.05) is 97.1 Å². The molecular weight excluding hydrogens is 1130 g/mol. The monoisotopic (exact) mass is 1160 g/mol. The molecule has 3 nitrogen and oxygen atoms in total. The molecule has 28 heteroatoms. The van der Waals surface area contributed by atoms with E-state index >= 15 is 0 Å². The van der Waals surface area contributed by atoms with Crippen LogP contribution in [0.2, 0.25) is 0 Å². The maximum absolute atomic E-state index is 14.2. The first kappa shape index (κ1) is 61.1. The van der Waals surface area contributed by atoms with Crippen molar-refractivity contribution in [2.75, 3.05) is 0 Å². The van der Waals surface area contributed by atoms with Gasteiger partial charge in [0.15, 0.2) is 18.9 Å². The summed E-state index contributed by atoms with van der Waals surface area (Å²) >= 11 is 0. The summed E-state index contributed by atoms with van der Waals surface area (Å²) in [5.74, 6) is 0. The number of allylic oxidation sites excluding steroid dienone is 2. The van der Waals surface area contributed by atoms with Crippen LogP contribution < -0.4 is 26.4 Å². The van der Waals surface area contributed by atoms with Gasteiger partial charge in [0.05, 0.1) is 50.1 Å². The topological polar surface area (TPSA) is 51.5 Å². The van der Waals surface area contributed by atoms with Crippen LogP contribution in [0.15, 0.2) is 151 Å². The summed E-state index contributed by atoms with van der Waals surface area (Å²) in [6.07, 6.45) is -50.8. The number of aromatic nitrogens is 1. The van der Waals surface area contributed by atoms with Gasteiger partial charge in [-0.05, 0) is 41.3 Å². The van der Waals surface area contributed by atoms with E-state index < -0.39 is 195 Å². The number of alkyl halides is 24. The van der Waals surface area contributed by atoms with Crippen LogP contribution in [0.3, 0.4) is 0 Å². The molecule has 0 bridgehead atoms. The second-order valence-electron chi connectivity index (χ2n) is 17.4. The highest BCUT2D eigenvalue weighted by Crippen LogP contribution is 2.41. The number of benzene rings is 6. The number of fused-ring (bicyclic) bond motifs is 1. The fourth-order valence-corrected chi connectivity index (χ4v) is 8.64. The van der Waals surface area contributed by atoms with E-state index in [1.165, 1.54) is 0 Å². The zero-order valence-corrected chi connectivity index (χ0v) is 39.1. The predicted octanol–water partition coefficient (Wildman–Crippen LogP) is 14.8. The van der Waals surface area contributed by atoms with Crippen LogP contribution in [0.25, 0.3) is 16.3 Å². The van der Waals surface area contributed by atoms with E-state index in [-0.39, 0.29) is 5.57 Å². The lowest BCUT2D eigenvalue weighted by molar-refractivity contribution is -0.683. The third-order valence-corrected chi connectivity index (χ3v) is 12.2. The molecule has 0 aliphatic heterocycles. The first-order valence-electron chi connectivity index (χ1n) is 21.9. The lowest BCUT2D eigenvalue weighted by Crippen LogP contribution is -2.75. The second kappa shape index (κ2) is 21.5. The molecule has 6 aromatic carbocycles. The number of nitriles is 2. The van der Waals surface area contributed by atoms with Crippen molar-refractivity contribution in [1.82, 2.24) is 0 Å². The molecule has 0 N–H and O–H groups in total. The van der Waals surface area contributed by atoms with Crippen molar-refractivity contribution in [3.63, 3.8) is 0 Å². The van der Waals surface area contributed by atoms with Gasteiger partial charge in [-0.25, -0.2) is 4.57 Å². The summed E-state index contributed by atoms with van der Waals surface area (Å²) in [6.45, 7) is 0.477. The van der Waals surface area contributed by atoms with Crippen LogP contribution in [0, 0.1) is 22.7 Å². The summed E-state index contributed by atoms with van der Waals surface area (Å²) < 4.78 is 343. The standard InChI is InChI=1S/C32H12BF24.C20H14N3/c34-25(35,36)13-1-14(26(37,38)39)6-21(5-13)33(22-7-15(27(40,41)42)2-16(8-22)28(43,44)45,23-9-17(29(46,47)48)3-18(10-23)30(49,50)51)24-11-19(31(52,53)54)4-20(12-24)32(55,56)57;21-12-19(13-22)20(17-7-2-1-3-8-17)15-23-11-10-16-6-4-5-9-18(16)14-23/h1-12H;1-11,14H,15H2/q-1;+1. The van der Waals surface area contributed by atoms with Crippen molar-refractivity contribution in [1.29, 1.82) is 10.5 Å². The van der Waals surface area contributed by atoms with E-state index in [1.807, 2.05) is 83.7 Å². The molecule has 0 unspecified atom stereocenters. The third kappa shape index (κ3) is 13.6. The Labute approximate surface area is 433 Å². The average molecular weight is 1160 g/mol. The van der Waals surface area contributed by atoms with Crippen molar-refractivity contribution in [2.45, 2.75) is 56.0 Å². The van der Waals surface area contributed by atoms with Gasteiger partial charge in [0.25, 0.3) is 0 Å². The zero-order valence-electron chi connectivity index (χ0n) is 39.1. The molecular formula is C52H26BF24N3. The number of halogens is 24. The fraction of sp³-hybridized carbons (Fsp3) is 0.173. The van der Waals surface area contributed by atoms with Crippen LogP contribution in [0.4, 0.5) is 105 Å². The Morgan fingerprint density at radius 2 is 0.613 bits per heavy atom. The number of hydrogen-bond donors (Lipinski definition) is 0. The zero-order chi connectivity index (χ0) is 60.0. The van der Waals surface area contributed by atoms with Crippen LogP contribution in [-0.4, -0.2) is 6.15 Å². The van der Waals surface area contributed by atoms with Gasteiger partial charge in [0.1, 0.15) is 23.9 Å². The Balaban J connectivity index is 0.000000370. The first-order valence-corrected chi connectivity index (χ1v) is 21.9. The second-order valence-corrected chi connectivity index (χ2v) is 17.4. The summed E-state index contributed by atoms with van der Waals surface area (Å²) in [6, 6.07) is 14.9. The third-order valence-electron chi connectivity index (χ3n) is 12.2. The molecule has 0 radical (unpaired) electrons. The largest absolute Gasteiger partial charge is 0.416 e. The van der Waals surface area contributed by atoms with E-state index in [4.69, 9.17) is 0 Å². The van der Waals surface area contributed by atoms with Crippen LogP contribution >= 0.6 is 0 Å². The minimum Gasteiger partial charge on any atom is -0.200 e. The summed E-state index contributed by atoms with van der Waals surface area (Å²) in [4.78, 5) is 0. The van der Waals surface area contributed by atoms with Gasteiger partial charge in [0.2, 0.25) is 0 Å². The van der Waals surface area contributed by atoms with Gasteiger partial charge in [-0.2, -0.15) is 138 Å². The Kier molecular flexibility index (Phi) is 16.4. The molecule has 0 saturated heterocycles. The fourth-order valence-electron chi connectivity index (χ4n) is 8.64. The number of nitrogens with zero attached hydrogens (tertiary/aromatic N) is 3. The molecule has 0 fully saturated rings. The van der Waals surface area contributed by atoms with Crippen molar-refractivity contribution < 1.29 is 110 Å².